The minimum atomic E-state index is -1.04. The summed E-state index contributed by atoms with van der Waals surface area (Å²) in [5, 5.41) is 8.15. The number of aromatic amines is 1. The molecule has 2 aliphatic rings. The van der Waals surface area contributed by atoms with E-state index in [0.29, 0.717) is 11.4 Å². The quantitative estimate of drug-likeness (QED) is 0.305. The fraction of sp³-hybridized carbons (Fsp3) is 0.320. The first-order chi connectivity index (χ1) is 18.9. The standard InChI is InChI=1S/C25H25N7O7/c1-2-38-19(34)8-16-23(35)26-5-6-32(16)25(37)14-10-27-21-20(14)29-12-30-22(21)24(36)28-9-13-3-4-17-15(7-13)31-18(33)11-39-17/h3-4,7,10,12,16,27H,2,5-6,8-9,11H2,1H3,(H,26,35)(H,28,36)(H,31,33). The van der Waals surface area contributed by atoms with E-state index >= 15 is 0 Å². The van der Waals surface area contributed by atoms with Crippen LogP contribution in [0.4, 0.5) is 5.69 Å². The van der Waals surface area contributed by atoms with Crippen LogP contribution in [-0.2, 0) is 25.7 Å². The van der Waals surface area contributed by atoms with Crippen molar-refractivity contribution in [3.63, 3.8) is 0 Å². The largest absolute Gasteiger partial charge is 0.482 e. The number of aromatic nitrogens is 3. The second-order valence-corrected chi connectivity index (χ2v) is 8.81. The van der Waals surface area contributed by atoms with Crippen LogP contribution in [-0.4, -0.2) is 81.8 Å². The van der Waals surface area contributed by atoms with E-state index < -0.39 is 29.7 Å². The molecule has 0 spiro atoms. The number of benzene rings is 1. The van der Waals surface area contributed by atoms with Crippen LogP contribution >= 0.6 is 0 Å². The third-order valence-corrected chi connectivity index (χ3v) is 6.30. The lowest BCUT2D eigenvalue weighted by atomic mass is 10.1. The van der Waals surface area contributed by atoms with Crippen molar-refractivity contribution in [3.05, 3.63) is 47.5 Å². The molecule has 5 rings (SSSR count). The van der Waals surface area contributed by atoms with Gasteiger partial charge in [0.05, 0.1) is 29.8 Å². The molecule has 39 heavy (non-hydrogen) atoms. The molecule has 4 amide bonds. The molecule has 1 atom stereocenters. The Morgan fingerprint density at radius 2 is 2.08 bits per heavy atom. The third-order valence-electron chi connectivity index (χ3n) is 6.30. The van der Waals surface area contributed by atoms with E-state index in [-0.39, 0.29) is 67.5 Å². The number of esters is 1. The van der Waals surface area contributed by atoms with Gasteiger partial charge in [-0.1, -0.05) is 6.07 Å². The van der Waals surface area contributed by atoms with Crippen molar-refractivity contribution in [1.82, 2.24) is 30.5 Å². The van der Waals surface area contributed by atoms with Crippen molar-refractivity contribution in [1.29, 1.82) is 0 Å². The predicted octanol–water partition coefficient (Wildman–Crippen LogP) is 0.113. The molecule has 2 aliphatic heterocycles. The molecule has 0 aliphatic carbocycles. The lowest BCUT2D eigenvalue weighted by molar-refractivity contribution is -0.147. The zero-order valence-corrected chi connectivity index (χ0v) is 20.9. The highest BCUT2D eigenvalue weighted by Gasteiger charge is 2.36. The van der Waals surface area contributed by atoms with Crippen molar-refractivity contribution >= 4 is 46.3 Å². The SMILES string of the molecule is CCOC(=O)CC1C(=O)NCCN1C(=O)c1c[nH]c2c(C(=O)NCc3ccc4c(c3)NC(=O)CO4)ncnc12. The van der Waals surface area contributed by atoms with Crippen LogP contribution in [0.5, 0.6) is 5.75 Å². The molecular formula is C25H25N7O7. The summed E-state index contributed by atoms with van der Waals surface area (Å²) in [6.45, 7) is 2.31. The van der Waals surface area contributed by atoms with Gasteiger partial charge in [0, 0.05) is 25.8 Å². The summed E-state index contributed by atoms with van der Waals surface area (Å²) in [6, 6.07) is 4.14. The third kappa shape index (κ3) is 5.21. The zero-order valence-electron chi connectivity index (χ0n) is 20.9. The maximum Gasteiger partial charge on any atom is 0.308 e. The Morgan fingerprint density at radius 3 is 2.90 bits per heavy atom. The molecule has 202 valence electrons. The van der Waals surface area contributed by atoms with Gasteiger partial charge in [-0.25, -0.2) is 9.97 Å². The van der Waals surface area contributed by atoms with E-state index in [2.05, 4.69) is 30.9 Å². The topological polar surface area (TPSA) is 185 Å². The van der Waals surface area contributed by atoms with Gasteiger partial charge in [-0.2, -0.15) is 0 Å². The predicted molar refractivity (Wildman–Crippen MR) is 135 cm³/mol. The molecule has 1 unspecified atom stereocenters. The van der Waals surface area contributed by atoms with Gasteiger partial charge >= 0.3 is 5.97 Å². The highest BCUT2D eigenvalue weighted by atomic mass is 16.5. The number of amides is 4. The number of H-pyrrole nitrogens is 1. The molecule has 2 aromatic heterocycles. The van der Waals surface area contributed by atoms with Crippen molar-refractivity contribution in [3.8, 4) is 5.75 Å². The summed E-state index contributed by atoms with van der Waals surface area (Å²) >= 11 is 0. The molecule has 0 bridgehead atoms. The summed E-state index contributed by atoms with van der Waals surface area (Å²) in [5.41, 5.74) is 1.84. The lowest BCUT2D eigenvalue weighted by Crippen LogP contribution is -2.57. The zero-order chi connectivity index (χ0) is 27.5. The minimum absolute atomic E-state index is 0.0214. The van der Waals surface area contributed by atoms with Crippen LogP contribution in [0.3, 0.4) is 0 Å². The summed E-state index contributed by atoms with van der Waals surface area (Å²) in [6.07, 6.45) is 2.29. The Bertz CT molecular complexity index is 1480. The first kappa shape index (κ1) is 25.6. The highest BCUT2D eigenvalue weighted by Crippen LogP contribution is 2.28. The van der Waals surface area contributed by atoms with Gasteiger partial charge in [0.1, 0.15) is 23.6 Å². The number of hydrogen-bond acceptors (Lipinski definition) is 9. The van der Waals surface area contributed by atoms with Gasteiger partial charge in [-0.3, -0.25) is 24.0 Å². The molecule has 1 fully saturated rings. The molecule has 1 saturated heterocycles. The molecule has 0 saturated carbocycles. The average Bonchev–Trinajstić information content (AvgIpc) is 3.36. The normalized spacial score (nSPS) is 16.5. The Hall–Kier alpha value is -5.01. The number of nitrogens with one attached hydrogen (secondary N) is 4. The summed E-state index contributed by atoms with van der Waals surface area (Å²) in [4.78, 5) is 75.1. The van der Waals surface area contributed by atoms with Gasteiger partial charge < -0.3 is 35.3 Å². The van der Waals surface area contributed by atoms with E-state index in [0.717, 1.165) is 5.56 Å². The number of hydrogen-bond donors (Lipinski definition) is 4. The number of fused-ring (bicyclic) bond motifs is 2. The fourth-order valence-corrected chi connectivity index (χ4v) is 4.47. The summed E-state index contributed by atoms with van der Waals surface area (Å²) in [7, 11) is 0. The number of nitrogens with zero attached hydrogens (tertiary/aromatic N) is 3. The number of rotatable bonds is 7. The van der Waals surface area contributed by atoms with Crippen molar-refractivity contribution in [2.75, 3.05) is 31.6 Å². The van der Waals surface area contributed by atoms with Gasteiger partial charge in [0.15, 0.2) is 12.3 Å². The molecule has 0 radical (unpaired) electrons. The molecule has 14 nitrogen and oxygen atoms in total. The maximum atomic E-state index is 13.5. The molecule has 14 heteroatoms. The van der Waals surface area contributed by atoms with Crippen molar-refractivity contribution in [2.24, 2.45) is 0 Å². The summed E-state index contributed by atoms with van der Waals surface area (Å²) in [5.74, 6) is -1.80. The molecule has 4 N–H and O–H groups in total. The van der Waals surface area contributed by atoms with E-state index in [1.807, 2.05) is 0 Å². The number of carbonyl (C=O) groups is 5. The average molecular weight is 536 g/mol. The van der Waals surface area contributed by atoms with Crippen LogP contribution < -0.4 is 20.7 Å². The van der Waals surface area contributed by atoms with Gasteiger partial charge in [-0.15, -0.1) is 0 Å². The van der Waals surface area contributed by atoms with E-state index in [1.54, 1.807) is 25.1 Å². The number of piperazine rings is 1. The van der Waals surface area contributed by atoms with Crippen LogP contribution in [0, 0.1) is 0 Å². The Labute approximate surface area is 221 Å². The Kier molecular flexibility index (Phi) is 7.08. The van der Waals surface area contributed by atoms with Gasteiger partial charge in [-0.05, 0) is 24.6 Å². The Balaban J connectivity index is 1.34. The van der Waals surface area contributed by atoms with E-state index in [4.69, 9.17) is 9.47 Å². The molecule has 3 aromatic rings. The molecule has 4 heterocycles. The molecular weight excluding hydrogens is 510 g/mol. The first-order valence-electron chi connectivity index (χ1n) is 12.3. The smallest absolute Gasteiger partial charge is 0.308 e. The van der Waals surface area contributed by atoms with Crippen LogP contribution in [0.15, 0.2) is 30.7 Å². The second kappa shape index (κ2) is 10.8. The van der Waals surface area contributed by atoms with E-state index in [9.17, 15) is 24.0 Å². The monoisotopic (exact) mass is 535 g/mol. The van der Waals surface area contributed by atoms with Crippen LogP contribution in [0.2, 0.25) is 0 Å². The van der Waals surface area contributed by atoms with Crippen molar-refractivity contribution in [2.45, 2.75) is 25.9 Å². The lowest BCUT2D eigenvalue weighted by Gasteiger charge is -2.34. The van der Waals surface area contributed by atoms with Crippen LogP contribution in [0.25, 0.3) is 11.0 Å². The van der Waals surface area contributed by atoms with Gasteiger partial charge in [0.2, 0.25) is 5.91 Å². The minimum Gasteiger partial charge on any atom is -0.482 e. The first-order valence-corrected chi connectivity index (χ1v) is 12.3. The second-order valence-electron chi connectivity index (χ2n) is 8.81. The highest BCUT2D eigenvalue weighted by molar-refractivity contribution is 6.11. The summed E-state index contributed by atoms with van der Waals surface area (Å²) < 4.78 is 10.3. The molecule has 1 aromatic carbocycles. The fourth-order valence-electron chi connectivity index (χ4n) is 4.47. The number of anilines is 1. The maximum absolute atomic E-state index is 13.5. The number of ether oxygens (including phenoxy) is 2. The van der Waals surface area contributed by atoms with E-state index in [1.165, 1.54) is 17.4 Å². The Morgan fingerprint density at radius 1 is 1.23 bits per heavy atom. The number of carbonyl (C=O) groups excluding carboxylic acids is 5. The van der Waals surface area contributed by atoms with Gasteiger partial charge in [0.25, 0.3) is 17.7 Å². The van der Waals surface area contributed by atoms with Crippen LogP contribution in [0.1, 0.15) is 39.8 Å². The van der Waals surface area contributed by atoms with Crippen molar-refractivity contribution < 1.29 is 33.4 Å².